The Labute approximate surface area is 175 Å². The Morgan fingerprint density at radius 1 is 1.04 bits per heavy atom. The van der Waals surface area contributed by atoms with Crippen molar-refractivity contribution in [2.24, 2.45) is 5.18 Å². The molecule has 28 heavy (non-hydrogen) atoms. The van der Waals surface area contributed by atoms with Gasteiger partial charge in [0.15, 0.2) is 0 Å². The van der Waals surface area contributed by atoms with E-state index >= 15 is 0 Å². The molecule has 0 N–H and O–H groups in total. The first-order chi connectivity index (χ1) is 13.2. The summed E-state index contributed by atoms with van der Waals surface area (Å²) in [5.74, 6) is 0. The molecule has 0 aromatic carbocycles. The maximum atomic E-state index is 11.1. The molecule has 0 saturated heterocycles. The predicted molar refractivity (Wildman–Crippen MR) is 103 cm³/mol. The second kappa shape index (κ2) is 18.9. The summed E-state index contributed by atoms with van der Waals surface area (Å²) in [5, 5.41) is 3.23. The number of nitroso groups, excluding NO2 is 1. The van der Waals surface area contributed by atoms with Gasteiger partial charge in [0.1, 0.15) is 6.04 Å². The Bertz CT molecular complexity index is 692. The van der Waals surface area contributed by atoms with E-state index in [9.17, 15) is 4.91 Å². The van der Waals surface area contributed by atoms with Crippen LogP contribution in [-0.2, 0) is 25.9 Å². The Morgan fingerprint density at radius 3 is 2.04 bits per heavy atom. The van der Waals surface area contributed by atoms with E-state index in [0.29, 0.717) is 6.54 Å². The summed E-state index contributed by atoms with van der Waals surface area (Å²) in [6.07, 6.45) is 4.36. The van der Waals surface area contributed by atoms with Crippen molar-refractivity contribution in [1.82, 2.24) is 14.9 Å². The Balaban J connectivity index is 0. The van der Waals surface area contributed by atoms with Crippen molar-refractivity contribution in [2.75, 3.05) is 19.6 Å². The summed E-state index contributed by atoms with van der Waals surface area (Å²) < 4.78 is 0. The summed E-state index contributed by atoms with van der Waals surface area (Å²) in [5.41, 5.74) is 28.8. The molecule has 0 spiro atoms. The zero-order valence-electron chi connectivity index (χ0n) is 15.3. The van der Waals surface area contributed by atoms with Crippen LogP contribution in [0, 0.1) is 4.91 Å². The van der Waals surface area contributed by atoms with Gasteiger partial charge >= 0.3 is 19.5 Å². The van der Waals surface area contributed by atoms with Crippen LogP contribution in [0.2, 0.25) is 0 Å². The molecule has 0 fully saturated rings. The average molecular weight is 469 g/mol. The minimum atomic E-state index is -0.421. The largest absolute Gasteiger partial charge is 3.00 e. The van der Waals surface area contributed by atoms with Gasteiger partial charge in [0.2, 0.25) is 0 Å². The summed E-state index contributed by atoms with van der Waals surface area (Å²) in [4.78, 5) is 24.8. The molecule has 0 aliphatic carbocycles. The SMILES string of the molecule is CCN(CCc1ccccn1)C[C@@H](N=O)c1ccccn1.[N-]=[N+]=[N-].[N-]=[N+]=[N-].[Ru+3]. The van der Waals surface area contributed by atoms with E-state index in [1.165, 1.54) is 9.82 Å². The molecule has 11 nitrogen and oxygen atoms in total. The quantitative estimate of drug-likeness (QED) is 0.181. The van der Waals surface area contributed by atoms with Crippen molar-refractivity contribution in [3.63, 3.8) is 0 Å². The number of hydrogen-bond donors (Lipinski definition) is 0. The zero-order chi connectivity index (χ0) is 20.3. The number of likely N-dealkylation sites (N-methyl/N-ethyl adjacent to an activating group) is 1. The molecule has 12 heteroatoms. The minimum Gasteiger partial charge on any atom is -0.373 e. The van der Waals surface area contributed by atoms with Gasteiger partial charge in [0.25, 0.3) is 0 Å². The summed E-state index contributed by atoms with van der Waals surface area (Å²) in [7, 11) is 0. The van der Waals surface area contributed by atoms with Crippen molar-refractivity contribution in [2.45, 2.75) is 19.4 Å². The van der Waals surface area contributed by atoms with Gasteiger partial charge in [-0.3, -0.25) is 19.8 Å². The van der Waals surface area contributed by atoms with Crippen molar-refractivity contribution in [1.29, 1.82) is 0 Å². The maximum absolute atomic E-state index is 11.1. The molecule has 0 unspecified atom stereocenters. The molecule has 2 rings (SSSR count). The minimum absolute atomic E-state index is 0. The summed E-state index contributed by atoms with van der Waals surface area (Å²) >= 11 is 0. The molecule has 0 aliphatic rings. The van der Waals surface area contributed by atoms with E-state index in [0.717, 1.165) is 30.9 Å². The fourth-order valence-corrected chi connectivity index (χ4v) is 2.20. The molecular formula is C16H20N10ORu+. The molecule has 0 amide bonds. The molecule has 2 aromatic heterocycles. The Morgan fingerprint density at radius 2 is 1.61 bits per heavy atom. The average Bonchev–Trinajstić information content (AvgIpc) is 2.71. The molecule has 1 atom stereocenters. The molecular weight excluding hydrogens is 449 g/mol. The van der Waals surface area contributed by atoms with Crippen LogP contribution in [0.4, 0.5) is 0 Å². The molecule has 0 saturated carbocycles. The molecule has 0 bridgehead atoms. The fourth-order valence-electron chi connectivity index (χ4n) is 2.20. The monoisotopic (exact) mass is 470 g/mol. The van der Waals surface area contributed by atoms with Crippen molar-refractivity contribution < 1.29 is 19.5 Å². The van der Waals surface area contributed by atoms with Crippen LogP contribution >= 0.6 is 0 Å². The number of rotatable bonds is 8. The normalized spacial score (nSPS) is 9.79. The second-order valence-electron chi connectivity index (χ2n) is 5.02. The van der Waals surface area contributed by atoms with Gasteiger partial charge in [-0.25, -0.2) is 0 Å². The van der Waals surface area contributed by atoms with Gasteiger partial charge in [0.05, 0.1) is 5.69 Å². The van der Waals surface area contributed by atoms with Crippen LogP contribution in [-0.4, -0.2) is 34.5 Å². The van der Waals surface area contributed by atoms with E-state index < -0.39 is 6.04 Å². The topological polar surface area (TPSA) is 176 Å². The summed E-state index contributed by atoms with van der Waals surface area (Å²) in [6.45, 7) is 4.39. The van der Waals surface area contributed by atoms with Crippen LogP contribution in [0.15, 0.2) is 54.0 Å². The van der Waals surface area contributed by atoms with Gasteiger partial charge in [0, 0.05) is 37.6 Å². The van der Waals surface area contributed by atoms with Gasteiger partial charge in [-0.1, -0.05) is 24.2 Å². The smallest absolute Gasteiger partial charge is 0.373 e. The van der Waals surface area contributed by atoms with Gasteiger partial charge in [-0.15, -0.1) is 0 Å². The molecule has 0 aliphatic heterocycles. The standard InChI is InChI=1S/C16H20N4O.2N3.Ru/c1-2-20(12-9-14-7-3-5-10-17-14)13-16(19-21)15-8-4-6-11-18-15;2*1-3-2;/h3-8,10-11,16H,2,9,12-13H2,1H3;;;/q;2*-1;+3/t16-;;;/m1.../s1. The Kier molecular flexibility index (Phi) is 18.4. The van der Waals surface area contributed by atoms with Crippen LogP contribution in [0.5, 0.6) is 0 Å². The van der Waals surface area contributed by atoms with E-state index in [4.69, 9.17) is 22.1 Å². The van der Waals surface area contributed by atoms with Crippen LogP contribution in [0.25, 0.3) is 31.9 Å². The first kappa shape index (κ1) is 27.3. The van der Waals surface area contributed by atoms with Gasteiger partial charge in [-0.05, 0) is 30.8 Å². The van der Waals surface area contributed by atoms with E-state index in [2.05, 4.69) is 27.0 Å². The van der Waals surface area contributed by atoms with Crippen LogP contribution < -0.4 is 0 Å². The van der Waals surface area contributed by atoms with E-state index in [-0.39, 0.29) is 19.5 Å². The first-order valence-corrected chi connectivity index (χ1v) is 7.99. The second-order valence-corrected chi connectivity index (χ2v) is 5.02. The van der Waals surface area contributed by atoms with Crippen molar-refractivity contribution >= 4 is 0 Å². The third kappa shape index (κ3) is 12.5. The molecule has 2 aromatic rings. The Hall–Kier alpha value is -2.90. The van der Waals surface area contributed by atoms with E-state index in [1.54, 1.807) is 12.4 Å². The molecule has 147 valence electrons. The number of nitrogens with zero attached hydrogens (tertiary/aromatic N) is 10. The third-order valence-corrected chi connectivity index (χ3v) is 3.45. The molecule has 2 heterocycles. The third-order valence-electron chi connectivity index (χ3n) is 3.45. The van der Waals surface area contributed by atoms with Crippen molar-refractivity contribution in [3.05, 3.63) is 97.0 Å². The number of aromatic nitrogens is 2. The fraction of sp³-hybridized carbons (Fsp3) is 0.375. The van der Waals surface area contributed by atoms with Crippen LogP contribution in [0.3, 0.4) is 0 Å². The van der Waals surface area contributed by atoms with Gasteiger partial charge < -0.3 is 27.0 Å². The van der Waals surface area contributed by atoms with Crippen LogP contribution in [0.1, 0.15) is 24.4 Å². The van der Waals surface area contributed by atoms with E-state index in [1.807, 2.05) is 36.4 Å². The number of hydrogen-bond acceptors (Lipinski definition) is 5. The summed E-state index contributed by atoms with van der Waals surface area (Å²) in [6, 6.07) is 11.1. The molecule has 1 radical (unpaired) electrons. The first-order valence-electron chi connectivity index (χ1n) is 7.99. The maximum Gasteiger partial charge on any atom is 3.00 e. The van der Waals surface area contributed by atoms with Gasteiger partial charge in [-0.2, -0.15) is 4.91 Å². The zero-order valence-corrected chi connectivity index (χ0v) is 17.0. The number of pyridine rings is 2. The van der Waals surface area contributed by atoms with Crippen molar-refractivity contribution in [3.8, 4) is 0 Å². The predicted octanol–water partition coefficient (Wildman–Crippen LogP) is 4.58.